The summed E-state index contributed by atoms with van der Waals surface area (Å²) in [5.74, 6) is 0.545. The summed E-state index contributed by atoms with van der Waals surface area (Å²) < 4.78 is 9.23. The third-order valence-corrected chi connectivity index (χ3v) is 4.22. The molecular weight excluding hydrogens is 330 g/mol. The van der Waals surface area contributed by atoms with Crippen LogP contribution in [-0.2, 0) is 13.3 Å². The number of aryl methyl sites for hydroxylation is 3. The van der Waals surface area contributed by atoms with E-state index in [9.17, 15) is 4.79 Å². The minimum atomic E-state index is -0.269. The van der Waals surface area contributed by atoms with Gasteiger partial charge in [0.25, 0.3) is 5.91 Å². The van der Waals surface area contributed by atoms with Crippen LogP contribution < -0.4 is 10.1 Å². The summed E-state index contributed by atoms with van der Waals surface area (Å²) in [6, 6.07) is 7.72. The van der Waals surface area contributed by atoms with Gasteiger partial charge in [-0.05, 0) is 51.0 Å². The van der Waals surface area contributed by atoms with Crippen molar-refractivity contribution in [3.8, 4) is 5.75 Å². The number of hydrogen-bond acceptors (Lipinski definition) is 4. The fourth-order valence-electron chi connectivity index (χ4n) is 2.63. The molecule has 1 amide bonds. The van der Waals surface area contributed by atoms with Crippen LogP contribution in [0.5, 0.6) is 5.75 Å². The summed E-state index contributed by atoms with van der Waals surface area (Å²) in [6.07, 6.45) is 3.37. The predicted molar refractivity (Wildman–Crippen MR) is 99.4 cm³/mol. The summed E-state index contributed by atoms with van der Waals surface area (Å²) in [7, 11) is 0. The third-order valence-electron chi connectivity index (χ3n) is 4.22. The minimum absolute atomic E-state index is 0.240. The molecule has 0 aliphatic heterocycles. The summed E-state index contributed by atoms with van der Waals surface area (Å²) >= 11 is 0. The van der Waals surface area contributed by atoms with Crippen LogP contribution in [0.1, 0.15) is 34.2 Å². The van der Waals surface area contributed by atoms with Crippen molar-refractivity contribution in [3.05, 3.63) is 59.2 Å². The lowest BCUT2D eigenvalue weighted by molar-refractivity contribution is 0.102. The quantitative estimate of drug-likeness (QED) is 0.738. The van der Waals surface area contributed by atoms with Gasteiger partial charge in [-0.25, -0.2) is 4.68 Å². The van der Waals surface area contributed by atoms with E-state index in [1.54, 1.807) is 23.1 Å². The third kappa shape index (κ3) is 3.77. The summed E-state index contributed by atoms with van der Waals surface area (Å²) in [5.41, 5.74) is 4.13. The topological polar surface area (TPSA) is 74.0 Å². The van der Waals surface area contributed by atoms with Crippen LogP contribution in [0.2, 0.25) is 0 Å². The van der Waals surface area contributed by atoms with Crippen molar-refractivity contribution >= 4 is 11.6 Å². The molecule has 2 heterocycles. The van der Waals surface area contributed by atoms with E-state index in [0.717, 1.165) is 29.1 Å². The Kier molecular flexibility index (Phi) is 5.06. The first-order valence-electron chi connectivity index (χ1n) is 8.55. The van der Waals surface area contributed by atoms with Crippen LogP contribution in [0.15, 0.2) is 36.7 Å². The average molecular weight is 353 g/mol. The Balaban J connectivity index is 1.64. The molecule has 136 valence electrons. The normalized spacial score (nSPS) is 10.8. The molecular formula is C19H23N5O2. The number of carbonyl (C=O) groups is 1. The number of nitrogens with one attached hydrogen (secondary N) is 1. The Morgan fingerprint density at radius 1 is 1.23 bits per heavy atom. The van der Waals surface area contributed by atoms with E-state index in [-0.39, 0.29) is 12.6 Å². The highest BCUT2D eigenvalue weighted by molar-refractivity contribution is 6.03. The second-order valence-electron chi connectivity index (χ2n) is 6.20. The second-order valence-corrected chi connectivity index (χ2v) is 6.20. The van der Waals surface area contributed by atoms with Crippen molar-refractivity contribution in [1.82, 2.24) is 19.6 Å². The van der Waals surface area contributed by atoms with Crippen LogP contribution in [0.3, 0.4) is 0 Å². The van der Waals surface area contributed by atoms with Crippen LogP contribution in [-0.4, -0.2) is 25.5 Å². The molecule has 3 aromatic rings. The number of aromatic nitrogens is 4. The van der Waals surface area contributed by atoms with E-state index in [1.165, 1.54) is 0 Å². The van der Waals surface area contributed by atoms with E-state index in [0.29, 0.717) is 11.4 Å². The molecule has 1 N–H and O–H groups in total. The van der Waals surface area contributed by atoms with E-state index in [2.05, 4.69) is 15.5 Å². The summed E-state index contributed by atoms with van der Waals surface area (Å²) in [5, 5.41) is 11.3. The molecule has 0 saturated carbocycles. The molecule has 0 spiro atoms. The maximum Gasteiger partial charge on any atom is 0.276 e. The molecule has 0 atom stereocenters. The van der Waals surface area contributed by atoms with E-state index in [1.807, 2.05) is 50.6 Å². The molecule has 0 radical (unpaired) electrons. The van der Waals surface area contributed by atoms with E-state index in [4.69, 9.17) is 4.74 Å². The van der Waals surface area contributed by atoms with Crippen molar-refractivity contribution in [1.29, 1.82) is 0 Å². The number of carbonyl (C=O) groups excluding carboxylic acids is 1. The Bertz CT molecular complexity index is 926. The van der Waals surface area contributed by atoms with Crippen molar-refractivity contribution in [3.63, 3.8) is 0 Å². The van der Waals surface area contributed by atoms with Crippen molar-refractivity contribution < 1.29 is 9.53 Å². The smallest absolute Gasteiger partial charge is 0.276 e. The second kappa shape index (κ2) is 7.43. The minimum Gasteiger partial charge on any atom is -0.471 e. The summed E-state index contributed by atoms with van der Waals surface area (Å²) in [6.45, 7) is 8.93. The van der Waals surface area contributed by atoms with Gasteiger partial charge in [0.1, 0.15) is 5.75 Å². The SMILES string of the molecule is CCn1ncc(NC(=O)c2ccn(COc3cc(C)ccc3C)n2)c1C. The van der Waals surface area contributed by atoms with Crippen LogP contribution >= 0.6 is 0 Å². The maximum absolute atomic E-state index is 12.4. The molecule has 0 aliphatic carbocycles. The Morgan fingerprint density at radius 3 is 2.77 bits per heavy atom. The van der Waals surface area contributed by atoms with Gasteiger partial charge in [-0.15, -0.1) is 0 Å². The predicted octanol–water partition coefficient (Wildman–Crippen LogP) is 3.31. The Labute approximate surface area is 152 Å². The molecule has 0 aliphatic rings. The monoisotopic (exact) mass is 353 g/mol. The Morgan fingerprint density at radius 2 is 2.04 bits per heavy atom. The first kappa shape index (κ1) is 17.7. The highest BCUT2D eigenvalue weighted by Gasteiger charge is 2.13. The molecule has 0 bridgehead atoms. The van der Waals surface area contributed by atoms with Crippen LogP contribution in [0.25, 0.3) is 0 Å². The number of benzene rings is 1. The van der Waals surface area contributed by atoms with E-state index >= 15 is 0 Å². The summed E-state index contributed by atoms with van der Waals surface area (Å²) in [4.78, 5) is 12.4. The van der Waals surface area contributed by atoms with Gasteiger partial charge in [0.05, 0.1) is 17.6 Å². The number of hydrogen-bond donors (Lipinski definition) is 1. The van der Waals surface area contributed by atoms with Gasteiger partial charge < -0.3 is 10.1 Å². The molecule has 7 heteroatoms. The Hall–Kier alpha value is -3.09. The fraction of sp³-hybridized carbons (Fsp3) is 0.316. The lowest BCUT2D eigenvalue weighted by Crippen LogP contribution is -2.15. The molecule has 0 saturated heterocycles. The van der Waals surface area contributed by atoms with Gasteiger partial charge in [-0.1, -0.05) is 12.1 Å². The zero-order valence-electron chi connectivity index (χ0n) is 15.5. The molecule has 26 heavy (non-hydrogen) atoms. The van der Waals surface area contributed by atoms with Gasteiger partial charge in [-0.2, -0.15) is 10.2 Å². The lowest BCUT2D eigenvalue weighted by atomic mass is 10.1. The number of rotatable bonds is 6. The van der Waals surface area contributed by atoms with Gasteiger partial charge in [0, 0.05) is 12.7 Å². The number of anilines is 1. The molecule has 0 fully saturated rings. The maximum atomic E-state index is 12.4. The van der Waals surface area contributed by atoms with Gasteiger partial charge in [-0.3, -0.25) is 9.48 Å². The van der Waals surface area contributed by atoms with Crippen LogP contribution in [0.4, 0.5) is 5.69 Å². The zero-order valence-corrected chi connectivity index (χ0v) is 15.5. The molecule has 3 rings (SSSR count). The van der Waals surface area contributed by atoms with Gasteiger partial charge in [0.2, 0.25) is 0 Å². The van der Waals surface area contributed by atoms with Crippen molar-refractivity contribution in [2.45, 2.75) is 41.0 Å². The van der Waals surface area contributed by atoms with Gasteiger partial charge in [0.15, 0.2) is 12.4 Å². The highest BCUT2D eigenvalue weighted by atomic mass is 16.5. The van der Waals surface area contributed by atoms with E-state index < -0.39 is 0 Å². The van der Waals surface area contributed by atoms with Crippen molar-refractivity contribution in [2.75, 3.05) is 5.32 Å². The average Bonchev–Trinajstić information content (AvgIpc) is 3.23. The number of nitrogens with zero attached hydrogens (tertiary/aromatic N) is 4. The van der Waals surface area contributed by atoms with Crippen LogP contribution in [0, 0.1) is 20.8 Å². The zero-order chi connectivity index (χ0) is 18.7. The lowest BCUT2D eigenvalue weighted by Gasteiger charge is -2.09. The number of ether oxygens (including phenoxy) is 1. The van der Waals surface area contributed by atoms with Gasteiger partial charge >= 0.3 is 0 Å². The number of amides is 1. The highest BCUT2D eigenvalue weighted by Crippen LogP contribution is 2.19. The largest absolute Gasteiger partial charge is 0.471 e. The first-order valence-corrected chi connectivity index (χ1v) is 8.55. The fourth-order valence-corrected chi connectivity index (χ4v) is 2.63. The van der Waals surface area contributed by atoms with Crippen molar-refractivity contribution in [2.24, 2.45) is 0 Å². The molecule has 7 nitrogen and oxygen atoms in total. The molecule has 0 unspecified atom stereocenters. The first-order chi connectivity index (χ1) is 12.5. The standard InChI is InChI=1S/C19H23N5O2/c1-5-24-15(4)17(11-20-24)21-19(25)16-8-9-23(22-16)12-26-18-10-13(2)6-7-14(18)3/h6-11H,5,12H2,1-4H3,(H,21,25). The molecule has 2 aromatic heterocycles. The molecule has 1 aromatic carbocycles.